The summed E-state index contributed by atoms with van der Waals surface area (Å²) in [5.41, 5.74) is 2.80. The zero-order valence-corrected chi connectivity index (χ0v) is 36.3. The summed E-state index contributed by atoms with van der Waals surface area (Å²) in [4.78, 5) is 0. The summed E-state index contributed by atoms with van der Waals surface area (Å²) in [5, 5.41) is 12.1. The van der Waals surface area contributed by atoms with Crippen LogP contribution in [0, 0.1) is 0 Å². The maximum absolute atomic E-state index is 12.1. The second-order valence-corrected chi connectivity index (χ2v) is 22.9. The van der Waals surface area contributed by atoms with E-state index in [1.807, 2.05) is 105 Å². The molecule has 0 spiro atoms. The SMILES string of the molecule is CC1(C)O[C@@H]([C@@H]2OC(C)(C)O[C@@H]2CO[Si](C)(C)C(C)(C)C)[C@@H](C(O)O[C@@H]2O[C@@H]3COC(c4ccccc4)O[C@H]3[C@H](OCc3ccccc3)[C@@H]2OCc2ccccc2)O1. The fraction of sp³-hybridized carbons (Fsp3) is 0.600. The van der Waals surface area contributed by atoms with Gasteiger partial charge in [0, 0.05) is 5.56 Å². The monoisotopic (exact) mass is 822 g/mol. The van der Waals surface area contributed by atoms with Gasteiger partial charge in [-0.25, -0.2) is 0 Å². The molecule has 4 fully saturated rings. The molecule has 7 rings (SSSR count). The Kier molecular flexibility index (Phi) is 13.3. The molecular formula is C45H62O12Si. The highest BCUT2D eigenvalue weighted by atomic mass is 28.4. The van der Waals surface area contributed by atoms with E-state index >= 15 is 0 Å². The van der Waals surface area contributed by atoms with E-state index in [0.29, 0.717) is 6.61 Å². The van der Waals surface area contributed by atoms with Gasteiger partial charge in [0.25, 0.3) is 0 Å². The van der Waals surface area contributed by atoms with E-state index in [4.69, 9.17) is 51.8 Å². The van der Waals surface area contributed by atoms with Gasteiger partial charge < -0.3 is 56.9 Å². The van der Waals surface area contributed by atoms with Crippen LogP contribution in [0.3, 0.4) is 0 Å². The van der Waals surface area contributed by atoms with E-state index in [0.717, 1.165) is 16.7 Å². The molecule has 4 heterocycles. The van der Waals surface area contributed by atoms with Crippen LogP contribution in [-0.2, 0) is 65.0 Å². The van der Waals surface area contributed by atoms with E-state index in [9.17, 15) is 5.11 Å². The summed E-state index contributed by atoms with van der Waals surface area (Å²) >= 11 is 0. The highest BCUT2D eigenvalue weighted by Gasteiger charge is 2.58. The Morgan fingerprint density at radius 2 is 1.26 bits per heavy atom. The molecule has 1 N–H and O–H groups in total. The Bertz CT molecular complexity index is 1740. The second-order valence-electron chi connectivity index (χ2n) is 18.0. The third-order valence-corrected chi connectivity index (χ3v) is 16.1. The second kappa shape index (κ2) is 17.8. The summed E-state index contributed by atoms with van der Waals surface area (Å²) in [6.45, 7) is 19.3. The standard InChI is InChI=1S/C45H62O12Si/c1-43(2,3)58(8,9)50-28-33-35(55-44(4,5)54-33)37-38(57-45(6,7)56-37)40(46)53-42-39(48-26-30-21-15-11-16-22-30)36(47-25-29-19-13-10-14-20-29)34-32(51-42)27-49-41(52-34)31-23-17-12-18-24-31/h10-24,32-42,46H,25-28H2,1-9H3/t32-,33-,34-,35-,36+,37+,38+,39+,40?,41?,42+/m1/s1. The van der Waals surface area contributed by atoms with Crippen molar-refractivity contribution in [1.82, 2.24) is 0 Å². The van der Waals surface area contributed by atoms with E-state index < -0.39 is 87.6 Å². The average Bonchev–Trinajstić information content (AvgIpc) is 3.69. The molecule has 4 aliphatic rings. The molecule has 4 aliphatic heterocycles. The summed E-state index contributed by atoms with van der Waals surface area (Å²) < 4.78 is 72.1. The first-order chi connectivity index (χ1) is 27.5. The van der Waals surface area contributed by atoms with Gasteiger partial charge in [0.05, 0.1) is 26.4 Å². The molecule has 0 radical (unpaired) electrons. The minimum absolute atomic E-state index is 0.00330. The molecule has 4 saturated heterocycles. The van der Waals surface area contributed by atoms with E-state index in [-0.39, 0.29) is 24.9 Å². The summed E-state index contributed by atoms with van der Waals surface area (Å²) in [6.07, 6.45) is -9.07. The fourth-order valence-corrected chi connectivity index (χ4v) is 8.63. The van der Waals surface area contributed by atoms with Gasteiger partial charge in [-0.15, -0.1) is 0 Å². The Morgan fingerprint density at radius 3 is 1.86 bits per heavy atom. The largest absolute Gasteiger partial charge is 0.414 e. The van der Waals surface area contributed by atoms with E-state index in [2.05, 4.69) is 33.9 Å². The molecule has 318 valence electrons. The molecule has 0 bridgehead atoms. The van der Waals surface area contributed by atoms with Gasteiger partial charge in [0.1, 0.15) is 48.8 Å². The van der Waals surface area contributed by atoms with Crippen LogP contribution >= 0.6 is 0 Å². The maximum Gasteiger partial charge on any atom is 0.192 e. The van der Waals surface area contributed by atoms with Crippen molar-refractivity contribution in [3.63, 3.8) is 0 Å². The number of fused-ring (bicyclic) bond motifs is 1. The molecule has 13 heteroatoms. The minimum atomic E-state index is -2.14. The van der Waals surface area contributed by atoms with Crippen LogP contribution in [0.2, 0.25) is 18.1 Å². The van der Waals surface area contributed by atoms with Gasteiger partial charge in [-0.2, -0.15) is 0 Å². The number of aliphatic hydroxyl groups excluding tert-OH is 1. The normalized spacial score (nSPS) is 32.8. The Labute approximate surface area is 344 Å². The molecule has 11 atom stereocenters. The van der Waals surface area contributed by atoms with Gasteiger partial charge in [-0.3, -0.25) is 0 Å². The molecule has 0 amide bonds. The lowest BCUT2D eigenvalue weighted by molar-refractivity contribution is -0.391. The number of rotatable bonds is 14. The third kappa shape index (κ3) is 10.3. The topological polar surface area (TPSA) is 122 Å². The van der Waals surface area contributed by atoms with Crippen LogP contribution in [0.1, 0.15) is 71.4 Å². The zero-order valence-electron chi connectivity index (χ0n) is 35.3. The van der Waals surface area contributed by atoms with Crippen LogP contribution in [0.4, 0.5) is 0 Å². The number of benzene rings is 3. The average molecular weight is 823 g/mol. The van der Waals surface area contributed by atoms with E-state index in [1.165, 1.54) is 0 Å². The summed E-state index contributed by atoms with van der Waals surface area (Å²) in [7, 11) is -2.14. The number of ether oxygens (including phenoxy) is 10. The summed E-state index contributed by atoms with van der Waals surface area (Å²) in [6, 6.07) is 29.5. The molecule has 0 aromatic heterocycles. The van der Waals surface area contributed by atoms with Crippen LogP contribution < -0.4 is 0 Å². The molecule has 58 heavy (non-hydrogen) atoms. The minimum Gasteiger partial charge on any atom is -0.414 e. The first-order valence-corrected chi connectivity index (χ1v) is 23.4. The van der Waals surface area contributed by atoms with Crippen molar-refractivity contribution in [3.05, 3.63) is 108 Å². The molecule has 2 unspecified atom stereocenters. The quantitative estimate of drug-likeness (QED) is 0.129. The van der Waals surface area contributed by atoms with E-state index in [1.54, 1.807) is 13.8 Å². The molecule has 12 nitrogen and oxygen atoms in total. The van der Waals surface area contributed by atoms with Crippen molar-refractivity contribution in [1.29, 1.82) is 0 Å². The van der Waals surface area contributed by atoms with Gasteiger partial charge in [0.2, 0.25) is 0 Å². The molecular weight excluding hydrogens is 761 g/mol. The van der Waals surface area contributed by atoms with Gasteiger partial charge in [-0.05, 0) is 57.0 Å². The first kappa shape index (κ1) is 43.5. The predicted octanol–water partition coefficient (Wildman–Crippen LogP) is 7.39. The molecule has 3 aromatic carbocycles. The molecule has 3 aromatic rings. The van der Waals surface area contributed by atoms with Crippen molar-refractivity contribution in [2.75, 3.05) is 13.2 Å². The zero-order chi connectivity index (χ0) is 41.3. The number of aliphatic hydroxyl groups is 1. The fourth-order valence-electron chi connectivity index (χ4n) is 7.62. The lowest BCUT2D eigenvalue weighted by Gasteiger charge is -2.49. The van der Waals surface area contributed by atoms with Crippen molar-refractivity contribution in [2.24, 2.45) is 0 Å². The predicted molar refractivity (Wildman–Crippen MR) is 217 cm³/mol. The van der Waals surface area contributed by atoms with Crippen molar-refractivity contribution >= 4 is 8.32 Å². The van der Waals surface area contributed by atoms with Crippen molar-refractivity contribution in [3.8, 4) is 0 Å². The van der Waals surface area contributed by atoms with Crippen molar-refractivity contribution in [2.45, 2.75) is 159 Å². The van der Waals surface area contributed by atoms with Crippen LogP contribution in [0.15, 0.2) is 91.0 Å². The number of hydrogen-bond acceptors (Lipinski definition) is 12. The Morgan fingerprint density at radius 1 is 0.707 bits per heavy atom. The maximum atomic E-state index is 12.1. The number of hydrogen-bond donors (Lipinski definition) is 1. The smallest absolute Gasteiger partial charge is 0.192 e. The van der Waals surface area contributed by atoms with Gasteiger partial charge >= 0.3 is 0 Å². The van der Waals surface area contributed by atoms with Gasteiger partial charge in [0.15, 0.2) is 38.8 Å². The molecule has 0 saturated carbocycles. The Balaban J connectivity index is 1.16. The molecule has 0 aliphatic carbocycles. The third-order valence-electron chi connectivity index (χ3n) is 11.6. The summed E-state index contributed by atoms with van der Waals surface area (Å²) in [5.74, 6) is -2.01. The highest BCUT2D eigenvalue weighted by molar-refractivity contribution is 6.74. The van der Waals surface area contributed by atoms with Crippen LogP contribution in [0.25, 0.3) is 0 Å². The van der Waals surface area contributed by atoms with Crippen LogP contribution in [-0.4, -0.2) is 99.6 Å². The van der Waals surface area contributed by atoms with Crippen LogP contribution in [0.5, 0.6) is 0 Å². The van der Waals surface area contributed by atoms with Crippen molar-refractivity contribution < 1.29 is 56.9 Å². The lowest BCUT2D eigenvalue weighted by atomic mass is 9.96. The first-order valence-electron chi connectivity index (χ1n) is 20.5. The van der Waals surface area contributed by atoms with Gasteiger partial charge in [-0.1, -0.05) is 112 Å². The highest BCUT2D eigenvalue weighted by Crippen LogP contribution is 2.43. The Hall–Kier alpha value is -2.60. The lowest BCUT2D eigenvalue weighted by Crippen LogP contribution is -2.64.